The van der Waals surface area contributed by atoms with Gasteiger partial charge in [-0.25, -0.2) is 13.6 Å². The van der Waals surface area contributed by atoms with E-state index in [0.29, 0.717) is 13.0 Å². The first-order valence-corrected chi connectivity index (χ1v) is 9.23. The maximum atomic E-state index is 12.2. The van der Waals surface area contributed by atoms with Gasteiger partial charge >= 0.3 is 0 Å². The van der Waals surface area contributed by atoms with Gasteiger partial charge < -0.3 is 5.32 Å². The van der Waals surface area contributed by atoms with Crippen molar-refractivity contribution in [3.63, 3.8) is 0 Å². The van der Waals surface area contributed by atoms with E-state index in [2.05, 4.69) is 22.3 Å². The van der Waals surface area contributed by atoms with Crippen molar-refractivity contribution in [1.29, 1.82) is 0 Å². The molecule has 0 bridgehead atoms. The number of hydrogen-bond donors (Lipinski definition) is 2. The molecule has 1 heterocycles. The molecule has 0 spiro atoms. The van der Waals surface area contributed by atoms with E-state index in [1.807, 2.05) is 18.2 Å². The van der Waals surface area contributed by atoms with Gasteiger partial charge in [-0.05, 0) is 31.4 Å². The Bertz CT molecular complexity index is 589. The lowest BCUT2D eigenvalue weighted by Gasteiger charge is -2.23. The van der Waals surface area contributed by atoms with Crippen LogP contribution in [-0.4, -0.2) is 44.1 Å². The third-order valence-corrected chi connectivity index (χ3v) is 4.66. The maximum Gasteiger partial charge on any atom is 0.237 e. The molecule has 1 aliphatic rings. The van der Waals surface area contributed by atoms with Crippen LogP contribution in [0.3, 0.4) is 0 Å². The fourth-order valence-electron chi connectivity index (χ4n) is 2.73. The molecule has 1 aromatic rings. The lowest BCUT2D eigenvalue weighted by atomic mass is 10.1. The Kier molecular flexibility index (Phi) is 5.93. The topological polar surface area (TPSA) is 92.5 Å². The average molecular weight is 325 g/mol. The van der Waals surface area contributed by atoms with E-state index in [9.17, 15) is 13.2 Å². The standard InChI is InChI=1S/C15H23N3O3S/c16-22(20,21)11-5-9-17-15(19)14-8-4-10-18(14)12-13-6-2-1-3-7-13/h1-3,6-7,14H,4-5,8-12H2,(H,17,19)(H2,16,20,21). The van der Waals surface area contributed by atoms with Gasteiger partial charge in [0.05, 0.1) is 11.8 Å². The summed E-state index contributed by atoms with van der Waals surface area (Å²) in [4.78, 5) is 14.4. The van der Waals surface area contributed by atoms with Gasteiger partial charge in [0.2, 0.25) is 15.9 Å². The highest BCUT2D eigenvalue weighted by atomic mass is 32.2. The number of benzene rings is 1. The summed E-state index contributed by atoms with van der Waals surface area (Å²) in [6.45, 7) is 2.01. The molecule has 0 aromatic heterocycles. The van der Waals surface area contributed by atoms with Crippen molar-refractivity contribution in [1.82, 2.24) is 10.2 Å². The predicted octanol–water partition coefficient (Wildman–Crippen LogP) is 0.446. The summed E-state index contributed by atoms with van der Waals surface area (Å²) in [5, 5.41) is 7.75. The van der Waals surface area contributed by atoms with E-state index in [1.165, 1.54) is 5.56 Å². The largest absolute Gasteiger partial charge is 0.355 e. The van der Waals surface area contributed by atoms with Gasteiger partial charge in [-0.15, -0.1) is 0 Å². The number of amides is 1. The Morgan fingerprint density at radius 2 is 2.05 bits per heavy atom. The van der Waals surface area contributed by atoms with Crippen LogP contribution in [0.25, 0.3) is 0 Å². The van der Waals surface area contributed by atoms with Gasteiger partial charge in [-0.2, -0.15) is 0 Å². The minimum absolute atomic E-state index is 0.0251. The normalized spacial score (nSPS) is 19.2. The quantitative estimate of drug-likeness (QED) is 0.712. The number of nitrogens with two attached hydrogens (primary N) is 1. The summed E-state index contributed by atoms with van der Waals surface area (Å²) in [5.41, 5.74) is 1.19. The van der Waals surface area contributed by atoms with Crippen molar-refractivity contribution in [2.75, 3.05) is 18.8 Å². The molecule has 22 heavy (non-hydrogen) atoms. The van der Waals surface area contributed by atoms with Crippen molar-refractivity contribution in [2.24, 2.45) is 5.14 Å². The number of nitrogens with zero attached hydrogens (tertiary/aromatic N) is 1. The summed E-state index contributed by atoms with van der Waals surface area (Å²) in [7, 11) is -3.45. The van der Waals surface area contributed by atoms with Gasteiger partial charge in [0.15, 0.2) is 0 Å². The molecule has 1 unspecified atom stereocenters. The van der Waals surface area contributed by atoms with Crippen LogP contribution in [0.2, 0.25) is 0 Å². The number of rotatable bonds is 7. The molecule has 3 N–H and O–H groups in total. The molecular formula is C15H23N3O3S. The molecule has 7 heteroatoms. The second-order valence-corrected chi connectivity index (χ2v) is 7.36. The molecule has 1 fully saturated rings. The fourth-order valence-corrected chi connectivity index (χ4v) is 3.28. The van der Waals surface area contributed by atoms with Crippen molar-refractivity contribution in [3.05, 3.63) is 35.9 Å². The monoisotopic (exact) mass is 325 g/mol. The minimum atomic E-state index is -3.45. The molecule has 0 saturated carbocycles. The van der Waals surface area contributed by atoms with E-state index in [-0.39, 0.29) is 17.7 Å². The highest BCUT2D eigenvalue weighted by Crippen LogP contribution is 2.20. The van der Waals surface area contributed by atoms with Crippen LogP contribution < -0.4 is 10.5 Å². The number of hydrogen-bond acceptors (Lipinski definition) is 4. The van der Waals surface area contributed by atoms with E-state index >= 15 is 0 Å². The van der Waals surface area contributed by atoms with Gasteiger partial charge in [0.1, 0.15) is 0 Å². The van der Waals surface area contributed by atoms with Gasteiger partial charge in [-0.3, -0.25) is 9.69 Å². The zero-order valence-electron chi connectivity index (χ0n) is 12.6. The fraction of sp³-hybridized carbons (Fsp3) is 0.533. The summed E-state index contributed by atoms with van der Waals surface area (Å²) in [6, 6.07) is 9.94. The molecule has 1 saturated heterocycles. The van der Waals surface area contributed by atoms with Gasteiger partial charge in [-0.1, -0.05) is 30.3 Å². The summed E-state index contributed by atoms with van der Waals surface area (Å²) in [6.07, 6.45) is 2.19. The highest BCUT2D eigenvalue weighted by Gasteiger charge is 2.30. The number of carbonyl (C=O) groups excluding carboxylic acids is 1. The van der Waals surface area contributed by atoms with E-state index in [4.69, 9.17) is 5.14 Å². The Hall–Kier alpha value is -1.44. The lowest BCUT2D eigenvalue weighted by molar-refractivity contribution is -0.125. The van der Waals surface area contributed by atoms with Crippen molar-refractivity contribution in [3.8, 4) is 0 Å². The summed E-state index contributed by atoms with van der Waals surface area (Å²) in [5.74, 6) is -0.131. The van der Waals surface area contributed by atoms with E-state index < -0.39 is 10.0 Å². The number of carbonyl (C=O) groups is 1. The number of likely N-dealkylation sites (tertiary alicyclic amines) is 1. The minimum Gasteiger partial charge on any atom is -0.355 e. The molecule has 1 aromatic carbocycles. The van der Waals surface area contributed by atoms with E-state index in [1.54, 1.807) is 0 Å². The van der Waals surface area contributed by atoms with Crippen LogP contribution in [-0.2, 0) is 21.4 Å². The first-order valence-electron chi connectivity index (χ1n) is 7.52. The van der Waals surface area contributed by atoms with Crippen molar-refractivity contribution >= 4 is 15.9 Å². The lowest BCUT2D eigenvalue weighted by Crippen LogP contribution is -2.43. The Balaban J connectivity index is 1.81. The smallest absolute Gasteiger partial charge is 0.237 e. The molecule has 122 valence electrons. The van der Waals surface area contributed by atoms with Crippen LogP contribution in [0.15, 0.2) is 30.3 Å². The van der Waals surface area contributed by atoms with Gasteiger partial charge in [0, 0.05) is 13.1 Å². The zero-order chi connectivity index (χ0) is 16.0. The molecule has 1 amide bonds. The summed E-state index contributed by atoms with van der Waals surface area (Å²) < 4.78 is 21.7. The number of sulfonamides is 1. The Labute approximate surface area is 131 Å². The highest BCUT2D eigenvalue weighted by molar-refractivity contribution is 7.89. The third-order valence-electron chi connectivity index (χ3n) is 3.80. The van der Waals surface area contributed by atoms with Crippen LogP contribution in [0.1, 0.15) is 24.8 Å². The van der Waals surface area contributed by atoms with Crippen molar-refractivity contribution in [2.45, 2.75) is 31.8 Å². The predicted molar refractivity (Wildman–Crippen MR) is 85.5 cm³/mol. The third kappa shape index (κ3) is 5.40. The maximum absolute atomic E-state index is 12.2. The van der Waals surface area contributed by atoms with Crippen LogP contribution in [0, 0.1) is 0 Å². The molecule has 0 radical (unpaired) electrons. The molecule has 2 rings (SSSR count). The van der Waals surface area contributed by atoms with Crippen molar-refractivity contribution < 1.29 is 13.2 Å². The molecule has 6 nitrogen and oxygen atoms in total. The molecule has 0 aliphatic carbocycles. The van der Waals surface area contributed by atoms with Crippen LogP contribution in [0.5, 0.6) is 0 Å². The van der Waals surface area contributed by atoms with E-state index in [0.717, 1.165) is 25.9 Å². The van der Waals surface area contributed by atoms with Crippen LogP contribution >= 0.6 is 0 Å². The number of primary sulfonamides is 1. The second-order valence-electron chi connectivity index (χ2n) is 5.63. The van der Waals surface area contributed by atoms with Crippen LogP contribution in [0.4, 0.5) is 0 Å². The molecule has 1 atom stereocenters. The molecular weight excluding hydrogens is 302 g/mol. The SMILES string of the molecule is NS(=O)(=O)CCCNC(=O)C1CCCN1Cc1ccccc1. The second kappa shape index (κ2) is 7.71. The average Bonchev–Trinajstić information content (AvgIpc) is 2.92. The molecule has 1 aliphatic heterocycles. The Morgan fingerprint density at radius 3 is 2.73 bits per heavy atom. The van der Waals surface area contributed by atoms with Gasteiger partial charge in [0.25, 0.3) is 0 Å². The zero-order valence-corrected chi connectivity index (χ0v) is 13.4. The number of nitrogens with one attached hydrogen (secondary N) is 1. The first kappa shape index (κ1) is 16.9. The first-order chi connectivity index (χ1) is 10.5. The Morgan fingerprint density at radius 1 is 1.32 bits per heavy atom. The summed E-state index contributed by atoms with van der Waals surface area (Å²) >= 11 is 0.